The highest BCUT2D eigenvalue weighted by Gasteiger charge is 2.14. The van der Waals surface area contributed by atoms with Crippen molar-refractivity contribution in [3.63, 3.8) is 0 Å². The molecule has 108 valence electrons. The fraction of sp³-hybridized carbons (Fsp3) is 0.364. The second-order valence-electron chi connectivity index (χ2n) is 4.00. The third-order valence-electron chi connectivity index (χ3n) is 2.50. The molecule has 0 saturated heterocycles. The fourth-order valence-corrected chi connectivity index (χ4v) is 3.07. The van der Waals surface area contributed by atoms with Gasteiger partial charge in [0, 0.05) is 25.4 Å². The number of anilines is 1. The second-order valence-corrected chi connectivity index (χ2v) is 6.83. The van der Waals surface area contributed by atoms with E-state index < -0.39 is 10.0 Å². The summed E-state index contributed by atoms with van der Waals surface area (Å²) in [6, 6.07) is 0. The minimum Gasteiger partial charge on any atom is -0.357 e. The average Bonchev–Trinajstić information content (AvgIpc) is 2.84. The molecule has 0 atom stereocenters. The van der Waals surface area contributed by atoms with Gasteiger partial charge in [0.2, 0.25) is 16.0 Å². The van der Waals surface area contributed by atoms with Gasteiger partial charge in [0.15, 0.2) is 0 Å². The molecule has 0 bridgehead atoms. The summed E-state index contributed by atoms with van der Waals surface area (Å²) >= 11 is 1.55. The van der Waals surface area contributed by atoms with Crippen LogP contribution in [0, 0.1) is 6.92 Å². The third kappa shape index (κ3) is 3.71. The summed E-state index contributed by atoms with van der Waals surface area (Å²) in [6.45, 7) is 2.21. The Morgan fingerprint density at radius 1 is 1.30 bits per heavy atom. The van der Waals surface area contributed by atoms with Crippen molar-refractivity contribution in [2.24, 2.45) is 0 Å². The average molecular weight is 313 g/mol. The standard InChI is InChI=1S/C11H15N5O2S2/c1-8-16-9(7-19-8)3-4-15-20(17,18)10-5-13-11(12-2)14-6-10/h5-7,15H,3-4H2,1-2H3,(H,12,13,14). The molecule has 0 amide bonds. The molecule has 0 aliphatic heterocycles. The molecule has 2 rings (SSSR count). The Balaban J connectivity index is 1.96. The third-order valence-corrected chi connectivity index (χ3v) is 4.74. The van der Waals surface area contributed by atoms with E-state index in [1.807, 2.05) is 12.3 Å². The Morgan fingerprint density at radius 2 is 2.00 bits per heavy atom. The SMILES string of the molecule is CNc1ncc(S(=O)(=O)NCCc2csc(C)n2)cn1. The number of aromatic nitrogens is 3. The first-order valence-corrected chi connectivity index (χ1v) is 8.28. The van der Waals surface area contributed by atoms with Crippen molar-refractivity contribution in [1.82, 2.24) is 19.7 Å². The van der Waals surface area contributed by atoms with E-state index >= 15 is 0 Å². The molecule has 7 nitrogen and oxygen atoms in total. The van der Waals surface area contributed by atoms with Crippen LogP contribution in [0.2, 0.25) is 0 Å². The van der Waals surface area contributed by atoms with E-state index in [0.29, 0.717) is 18.9 Å². The van der Waals surface area contributed by atoms with E-state index in [1.54, 1.807) is 18.4 Å². The molecule has 2 aromatic rings. The van der Waals surface area contributed by atoms with Crippen LogP contribution in [0.4, 0.5) is 5.95 Å². The first-order chi connectivity index (χ1) is 9.51. The summed E-state index contributed by atoms with van der Waals surface area (Å²) < 4.78 is 26.5. The predicted octanol–water partition coefficient (Wildman–Crippen LogP) is 0.804. The lowest BCUT2D eigenvalue weighted by atomic mass is 10.3. The largest absolute Gasteiger partial charge is 0.357 e. The quantitative estimate of drug-likeness (QED) is 0.819. The van der Waals surface area contributed by atoms with Crippen molar-refractivity contribution in [3.05, 3.63) is 28.5 Å². The van der Waals surface area contributed by atoms with Crippen LogP contribution < -0.4 is 10.0 Å². The Labute approximate surface area is 121 Å². The number of sulfonamides is 1. The van der Waals surface area contributed by atoms with Crippen molar-refractivity contribution in [3.8, 4) is 0 Å². The Morgan fingerprint density at radius 3 is 2.55 bits per heavy atom. The summed E-state index contributed by atoms with van der Waals surface area (Å²) in [6.07, 6.45) is 3.10. The highest BCUT2D eigenvalue weighted by atomic mass is 32.2. The van der Waals surface area contributed by atoms with Crippen LogP contribution >= 0.6 is 11.3 Å². The van der Waals surface area contributed by atoms with Gasteiger partial charge in [-0.1, -0.05) is 0 Å². The van der Waals surface area contributed by atoms with Gasteiger partial charge in [0.25, 0.3) is 0 Å². The predicted molar refractivity (Wildman–Crippen MR) is 77.3 cm³/mol. The van der Waals surface area contributed by atoms with E-state index in [1.165, 1.54) is 12.4 Å². The summed E-state index contributed by atoms with van der Waals surface area (Å²) in [5.41, 5.74) is 0.886. The van der Waals surface area contributed by atoms with E-state index in [2.05, 4.69) is 25.0 Å². The Kier molecular flexibility index (Phi) is 4.63. The summed E-state index contributed by atoms with van der Waals surface area (Å²) in [5, 5.41) is 5.62. The first-order valence-electron chi connectivity index (χ1n) is 5.92. The van der Waals surface area contributed by atoms with Crippen molar-refractivity contribution < 1.29 is 8.42 Å². The molecule has 9 heteroatoms. The van der Waals surface area contributed by atoms with Gasteiger partial charge in [-0.3, -0.25) is 0 Å². The maximum atomic E-state index is 12.0. The van der Waals surface area contributed by atoms with Gasteiger partial charge < -0.3 is 5.32 Å². The van der Waals surface area contributed by atoms with Gasteiger partial charge in [-0.2, -0.15) is 0 Å². The molecule has 0 aliphatic carbocycles. The molecule has 20 heavy (non-hydrogen) atoms. The minimum absolute atomic E-state index is 0.0472. The minimum atomic E-state index is -3.58. The number of hydrogen-bond donors (Lipinski definition) is 2. The molecule has 0 unspecified atom stereocenters. The molecular formula is C11H15N5O2S2. The van der Waals surface area contributed by atoms with Crippen LogP contribution in [0.1, 0.15) is 10.7 Å². The highest BCUT2D eigenvalue weighted by Crippen LogP contribution is 2.09. The number of aryl methyl sites for hydroxylation is 1. The van der Waals surface area contributed by atoms with Gasteiger partial charge in [0.05, 0.1) is 23.1 Å². The van der Waals surface area contributed by atoms with Crippen LogP contribution in [0.25, 0.3) is 0 Å². The van der Waals surface area contributed by atoms with E-state index in [4.69, 9.17) is 0 Å². The van der Waals surface area contributed by atoms with Crippen molar-refractivity contribution >= 4 is 27.3 Å². The number of thiazole rings is 1. The molecule has 2 aromatic heterocycles. The van der Waals surface area contributed by atoms with E-state index in [-0.39, 0.29) is 4.90 Å². The maximum Gasteiger partial charge on any atom is 0.243 e. The van der Waals surface area contributed by atoms with Crippen LogP contribution in [0.5, 0.6) is 0 Å². The zero-order valence-corrected chi connectivity index (χ0v) is 12.8. The monoisotopic (exact) mass is 313 g/mol. The van der Waals surface area contributed by atoms with E-state index in [9.17, 15) is 8.42 Å². The molecular weight excluding hydrogens is 298 g/mol. The van der Waals surface area contributed by atoms with Gasteiger partial charge in [-0.05, 0) is 6.92 Å². The van der Waals surface area contributed by atoms with Gasteiger partial charge in [-0.25, -0.2) is 28.1 Å². The van der Waals surface area contributed by atoms with Crippen LogP contribution in [0.3, 0.4) is 0 Å². The lowest BCUT2D eigenvalue weighted by Crippen LogP contribution is -2.26. The lowest BCUT2D eigenvalue weighted by molar-refractivity contribution is 0.580. The molecule has 2 N–H and O–H groups in total. The maximum absolute atomic E-state index is 12.0. The number of rotatable bonds is 6. The molecule has 0 fully saturated rings. The summed E-state index contributed by atoms with van der Waals surface area (Å²) in [7, 11) is -1.91. The molecule has 0 radical (unpaired) electrons. The van der Waals surface area contributed by atoms with Crippen LogP contribution in [-0.4, -0.2) is 37.0 Å². The van der Waals surface area contributed by atoms with Gasteiger partial charge >= 0.3 is 0 Å². The van der Waals surface area contributed by atoms with Crippen LogP contribution in [0.15, 0.2) is 22.7 Å². The smallest absolute Gasteiger partial charge is 0.243 e. The zero-order chi connectivity index (χ0) is 14.6. The fourth-order valence-electron chi connectivity index (χ4n) is 1.50. The summed E-state index contributed by atoms with van der Waals surface area (Å²) in [5.74, 6) is 0.377. The number of nitrogens with one attached hydrogen (secondary N) is 2. The molecule has 0 aromatic carbocycles. The molecule has 0 spiro atoms. The Hall–Kier alpha value is -1.58. The zero-order valence-electron chi connectivity index (χ0n) is 11.1. The van der Waals surface area contributed by atoms with Crippen molar-refractivity contribution in [2.75, 3.05) is 18.9 Å². The summed E-state index contributed by atoms with van der Waals surface area (Å²) in [4.78, 5) is 12.1. The topological polar surface area (TPSA) is 96.9 Å². The number of nitrogens with zero attached hydrogens (tertiary/aromatic N) is 3. The van der Waals surface area contributed by atoms with Gasteiger partial charge in [0.1, 0.15) is 4.90 Å². The lowest BCUT2D eigenvalue weighted by Gasteiger charge is -2.05. The molecule has 0 aliphatic rings. The van der Waals surface area contributed by atoms with Crippen LogP contribution in [-0.2, 0) is 16.4 Å². The normalized spacial score (nSPS) is 11.5. The molecule has 2 heterocycles. The second kappa shape index (κ2) is 6.25. The van der Waals surface area contributed by atoms with Crippen molar-refractivity contribution in [2.45, 2.75) is 18.2 Å². The highest BCUT2D eigenvalue weighted by molar-refractivity contribution is 7.89. The van der Waals surface area contributed by atoms with Gasteiger partial charge in [-0.15, -0.1) is 11.3 Å². The number of hydrogen-bond acceptors (Lipinski definition) is 7. The van der Waals surface area contributed by atoms with Crippen molar-refractivity contribution in [1.29, 1.82) is 0 Å². The van der Waals surface area contributed by atoms with E-state index in [0.717, 1.165) is 10.7 Å². The first kappa shape index (κ1) is 14.8. The Bertz CT molecular complexity index is 666. The molecule has 0 saturated carbocycles.